The second-order valence-corrected chi connectivity index (χ2v) is 13.0. The Hall–Kier alpha value is -1.47. The van der Waals surface area contributed by atoms with Crippen LogP contribution in [0.1, 0.15) is 58.8 Å². The van der Waals surface area contributed by atoms with Crippen molar-refractivity contribution in [3.8, 4) is 0 Å². The molecule has 3 aliphatic heterocycles. The standard InChI is InChI=1S/C23H39N3O11P2/c1-3-18-13-17(2)26-15-19(14-20(18)26)34-16-36-39(32,33)37-38(30,31)35-12-10-24-21(27)7-5-4-6-11-25-22(28)8-9-23(25)29/h8-9,17-20H,3-7,10-16H2,1-2H3,(H,24,27)(H,30,31)(H,32,33)/t17?,18?,19-,20?/m1/s1. The Balaban J connectivity index is 1.23. The summed E-state index contributed by atoms with van der Waals surface area (Å²) in [6.07, 6.45) is 7.14. The molecule has 3 rings (SSSR count). The Labute approximate surface area is 228 Å². The van der Waals surface area contributed by atoms with Crippen LogP contribution in [0.25, 0.3) is 0 Å². The molecule has 2 fully saturated rings. The van der Waals surface area contributed by atoms with Crippen LogP contribution in [0.5, 0.6) is 0 Å². The third-order valence-corrected chi connectivity index (χ3v) is 9.81. The van der Waals surface area contributed by atoms with Crippen molar-refractivity contribution in [3.63, 3.8) is 0 Å². The van der Waals surface area contributed by atoms with E-state index in [0.29, 0.717) is 43.8 Å². The van der Waals surface area contributed by atoms with Gasteiger partial charge in [0.25, 0.3) is 11.8 Å². The number of nitrogens with zero attached hydrogens (tertiary/aromatic N) is 2. The molecule has 39 heavy (non-hydrogen) atoms. The van der Waals surface area contributed by atoms with Crippen molar-refractivity contribution in [1.29, 1.82) is 0 Å². The largest absolute Gasteiger partial charge is 0.483 e. The highest BCUT2D eigenvalue weighted by Gasteiger charge is 2.45. The smallest absolute Gasteiger partial charge is 0.354 e. The molecule has 222 valence electrons. The molecule has 0 spiro atoms. The van der Waals surface area contributed by atoms with E-state index < -0.39 is 29.0 Å². The number of unbranched alkanes of at least 4 members (excludes halogenated alkanes) is 2. The minimum absolute atomic E-state index is 0.134. The van der Waals surface area contributed by atoms with Crippen molar-refractivity contribution in [1.82, 2.24) is 15.1 Å². The van der Waals surface area contributed by atoms with Gasteiger partial charge in [-0.3, -0.25) is 33.2 Å². The lowest BCUT2D eigenvalue weighted by Gasteiger charge is -2.21. The first-order valence-electron chi connectivity index (χ1n) is 13.2. The third-order valence-electron chi connectivity index (χ3n) is 7.21. The quantitative estimate of drug-likeness (QED) is 0.0965. The number of ether oxygens (including phenoxy) is 1. The number of imide groups is 1. The number of hydrogen-bond acceptors (Lipinski definition) is 10. The van der Waals surface area contributed by atoms with E-state index >= 15 is 0 Å². The molecule has 16 heteroatoms. The summed E-state index contributed by atoms with van der Waals surface area (Å²) in [6, 6.07) is 0.864. The molecular formula is C23H39N3O11P2. The molecule has 0 aliphatic carbocycles. The number of phosphoric acid groups is 2. The van der Waals surface area contributed by atoms with Gasteiger partial charge < -0.3 is 19.8 Å². The fourth-order valence-electron chi connectivity index (χ4n) is 5.30. The van der Waals surface area contributed by atoms with Crippen molar-refractivity contribution in [2.24, 2.45) is 5.92 Å². The summed E-state index contributed by atoms with van der Waals surface area (Å²) in [6.45, 7) is 4.15. The fraction of sp³-hybridized carbons (Fsp3) is 0.783. The van der Waals surface area contributed by atoms with Crippen LogP contribution in [0.15, 0.2) is 12.2 Å². The minimum Gasteiger partial charge on any atom is -0.354 e. The van der Waals surface area contributed by atoms with Gasteiger partial charge in [-0.05, 0) is 38.5 Å². The van der Waals surface area contributed by atoms with Gasteiger partial charge >= 0.3 is 15.6 Å². The summed E-state index contributed by atoms with van der Waals surface area (Å²) in [5.74, 6) is -0.427. The number of nitrogens with one attached hydrogen (secondary N) is 1. The zero-order chi connectivity index (χ0) is 28.6. The molecule has 3 N–H and O–H groups in total. The first kappa shape index (κ1) is 32.0. The fourth-order valence-corrected chi connectivity index (χ4v) is 7.24. The van der Waals surface area contributed by atoms with E-state index in [9.17, 15) is 33.3 Å². The number of hydrogen-bond donors (Lipinski definition) is 3. The Kier molecular flexibility index (Phi) is 11.9. The summed E-state index contributed by atoms with van der Waals surface area (Å²) in [5.41, 5.74) is 0. The lowest BCUT2D eigenvalue weighted by molar-refractivity contribution is -0.137. The molecule has 3 aliphatic rings. The van der Waals surface area contributed by atoms with Crippen molar-refractivity contribution in [2.45, 2.75) is 77.0 Å². The summed E-state index contributed by atoms with van der Waals surface area (Å²) in [5, 5.41) is 2.49. The molecule has 2 saturated heterocycles. The number of rotatable bonds is 17. The second kappa shape index (κ2) is 14.4. The van der Waals surface area contributed by atoms with Crippen LogP contribution in [-0.2, 0) is 41.6 Å². The van der Waals surface area contributed by atoms with Gasteiger partial charge in [0, 0.05) is 50.3 Å². The van der Waals surface area contributed by atoms with E-state index in [0.717, 1.165) is 24.2 Å². The van der Waals surface area contributed by atoms with Gasteiger partial charge in [-0.25, -0.2) is 9.13 Å². The molecule has 0 bridgehead atoms. The van der Waals surface area contributed by atoms with Gasteiger partial charge in [-0.1, -0.05) is 19.8 Å². The highest BCUT2D eigenvalue weighted by molar-refractivity contribution is 7.61. The van der Waals surface area contributed by atoms with E-state index in [4.69, 9.17) is 9.26 Å². The average molecular weight is 596 g/mol. The van der Waals surface area contributed by atoms with Gasteiger partial charge in [0.1, 0.15) is 0 Å². The SMILES string of the molecule is CCC1CC(C)N2C[C@H](OCOP(=O)(O)OP(=O)(O)OCCNC(=O)CCCCCN3C(=O)C=CC3=O)CC12. The molecule has 6 atom stereocenters. The van der Waals surface area contributed by atoms with E-state index in [-0.39, 0.29) is 43.3 Å². The number of carbonyl (C=O) groups is 3. The molecule has 5 unspecified atom stereocenters. The zero-order valence-electron chi connectivity index (χ0n) is 22.3. The molecule has 0 aromatic carbocycles. The number of amides is 3. The van der Waals surface area contributed by atoms with Crippen LogP contribution < -0.4 is 5.32 Å². The zero-order valence-corrected chi connectivity index (χ0v) is 24.1. The van der Waals surface area contributed by atoms with Crippen molar-refractivity contribution < 1.29 is 51.4 Å². The van der Waals surface area contributed by atoms with Crippen LogP contribution in [0.4, 0.5) is 0 Å². The van der Waals surface area contributed by atoms with Gasteiger partial charge in [-0.2, -0.15) is 4.31 Å². The van der Waals surface area contributed by atoms with Gasteiger partial charge in [0.05, 0.1) is 12.7 Å². The molecule has 14 nitrogen and oxygen atoms in total. The third kappa shape index (κ3) is 9.84. The molecule has 3 heterocycles. The Morgan fingerprint density at radius 1 is 1.08 bits per heavy atom. The van der Waals surface area contributed by atoms with Crippen molar-refractivity contribution in [2.75, 3.05) is 33.0 Å². The monoisotopic (exact) mass is 595 g/mol. The maximum atomic E-state index is 12.1. The summed E-state index contributed by atoms with van der Waals surface area (Å²) >= 11 is 0. The Bertz CT molecular complexity index is 992. The summed E-state index contributed by atoms with van der Waals surface area (Å²) in [7, 11) is -9.89. The molecule has 3 amide bonds. The minimum atomic E-state index is -4.94. The van der Waals surface area contributed by atoms with E-state index in [1.54, 1.807) is 0 Å². The molecule has 0 aromatic heterocycles. The molecule has 0 saturated carbocycles. The topological polar surface area (TPSA) is 181 Å². The van der Waals surface area contributed by atoms with Crippen molar-refractivity contribution in [3.05, 3.63) is 12.2 Å². The van der Waals surface area contributed by atoms with E-state index in [1.807, 2.05) is 0 Å². The number of carbonyl (C=O) groups excluding carboxylic acids is 3. The first-order chi connectivity index (χ1) is 18.4. The van der Waals surface area contributed by atoms with Crippen LogP contribution in [0.2, 0.25) is 0 Å². The number of fused-ring (bicyclic) bond motifs is 1. The van der Waals surface area contributed by atoms with E-state index in [2.05, 4.69) is 32.9 Å². The molecular weight excluding hydrogens is 556 g/mol. The van der Waals surface area contributed by atoms with Crippen LogP contribution in [-0.4, -0.2) is 88.5 Å². The van der Waals surface area contributed by atoms with Gasteiger partial charge in [-0.15, -0.1) is 0 Å². The second-order valence-electron chi connectivity index (χ2n) is 9.96. The average Bonchev–Trinajstić information content (AvgIpc) is 3.50. The maximum Gasteiger partial charge on any atom is 0.483 e. The summed E-state index contributed by atoms with van der Waals surface area (Å²) < 4.78 is 43.3. The highest BCUT2D eigenvalue weighted by Crippen LogP contribution is 2.60. The van der Waals surface area contributed by atoms with Crippen molar-refractivity contribution >= 4 is 33.4 Å². The predicted molar refractivity (Wildman–Crippen MR) is 138 cm³/mol. The highest BCUT2D eigenvalue weighted by atomic mass is 31.3. The van der Waals surface area contributed by atoms with Crippen LogP contribution >= 0.6 is 15.6 Å². The van der Waals surface area contributed by atoms with Gasteiger partial charge in [0.15, 0.2) is 6.79 Å². The lowest BCUT2D eigenvalue weighted by atomic mass is 9.94. The van der Waals surface area contributed by atoms with Crippen LogP contribution in [0.3, 0.4) is 0 Å². The molecule has 0 radical (unpaired) electrons. The van der Waals surface area contributed by atoms with Crippen LogP contribution in [0, 0.1) is 5.92 Å². The summed E-state index contributed by atoms with van der Waals surface area (Å²) in [4.78, 5) is 57.8. The normalized spacial score (nSPS) is 28.1. The molecule has 0 aromatic rings. The Morgan fingerprint density at radius 3 is 2.46 bits per heavy atom. The van der Waals surface area contributed by atoms with E-state index in [1.165, 1.54) is 12.2 Å². The Morgan fingerprint density at radius 2 is 1.77 bits per heavy atom. The first-order valence-corrected chi connectivity index (χ1v) is 16.2. The van der Waals surface area contributed by atoms with Gasteiger partial charge in [0.2, 0.25) is 5.91 Å². The lowest BCUT2D eigenvalue weighted by Crippen LogP contribution is -2.31. The number of phosphoric ester groups is 2. The predicted octanol–water partition coefficient (Wildman–Crippen LogP) is 2.07. The maximum absolute atomic E-state index is 12.1.